The molecule has 0 amide bonds. The molecule has 0 aromatic carbocycles. The molecule has 0 aromatic heterocycles. The zero-order valence-corrected chi connectivity index (χ0v) is 7.22. The first-order valence-corrected chi connectivity index (χ1v) is 3.85. The van der Waals surface area contributed by atoms with Crippen LogP contribution in [-0.4, -0.2) is 68.0 Å². The predicted molar refractivity (Wildman–Crippen MR) is 43.0 cm³/mol. The molecule has 14 heavy (non-hydrogen) atoms. The molecular weight excluding hydrogens is 198 g/mol. The van der Waals surface area contributed by atoms with Crippen molar-refractivity contribution in [2.45, 2.75) is 24.4 Å². The number of aliphatic hydroxyl groups is 5. The van der Waals surface area contributed by atoms with Crippen molar-refractivity contribution in [3.8, 4) is 0 Å². The number of aliphatic hydroxyl groups excluding tert-OH is 5. The minimum Gasteiger partial charge on any atom is -0.394 e. The molecule has 0 bridgehead atoms. The number of hydrogen-bond donors (Lipinski definition) is 5. The van der Waals surface area contributed by atoms with Gasteiger partial charge in [-0.15, -0.1) is 0 Å². The van der Waals surface area contributed by atoms with E-state index in [1.807, 2.05) is 0 Å². The van der Waals surface area contributed by atoms with Crippen molar-refractivity contribution >= 4 is 0 Å². The molecule has 8 nitrogen and oxygen atoms in total. The molecule has 5 N–H and O–H groups in total. The first-order valence-electron chi connectivity index (χ1n) is 3.85. The SMILES string of the molecule is O=[N+]([O-])C[C@H](O)[C@H](O)[C@@H](O)[C@H](O)CO. The van der Waals surface area contributed by atoms with Crippen molar-refractivity contribution in [1.29, 1.82) is 0 Å². The normalized spacial score (nSPS) is 19.8. The smallest absolute Gasteiger partial charge is 0.232 e. The zero-order valence-electron chi connectivity index (χ0n) is 7.22. The standard InChI is InChI=1S/C6H13NO7/c8-2-4(10)6(12)5(11)3(9)1-7(13)14/h3-6,8-12H,1-2H2/t3-,4+,5-,6-/m0/s1. The summed E-state index contributed by atoms with van der Waals surface area (Å²) in [5.74, 6) is 0. The summed E-state index contributed by atoms with van der Waals surface area (Å²) in [6.07, 6.45) is -7.13. The van der Waals surface area contributed by atoms with Gasteiger partial charge in [-0.25, -0.2) is 0 Å². The molecule has 0 saturated heterocycles. The molecule has 0 spiro atoms. The summed E-state index contributed by atoms with van der Waals surface area (Å²) in [5.41, 5.74) is 0. The lowest BCUT2D eigenvalue weighted by Crippen LogP contribution is -2.47. The van der Waals surface area contributed by atoms with Gasteiger partial charge in [0.05, 0.1) is 6.61 Å². The number of rotatable bonds is 6. The Morgan fingerprint density at radius 3 is 1.86 bits per heavy atom. The summed E-state index contributed by atoms with van der Waals surface area (Å²) < 4.78 is 0. The third-order valence-electron chi connectivity index (χ3n) is 1.66. The van der Waals surface area contributed by atoms with E-state index >= 15 is 0 Å². The zero-order chi connectivity index (χ0) is 11.3. The Morgan fingerprint density at radius 2 is 1.50 bits per heavy atom. The van der Waals surface area contributed by atoms with Crippen LogP contribution in [0.2, 0.25) is 0 Å². The van der Waals surface area contributed by atoms with Crippen molar-refractivity contribution in [3.63, 3.8) is 0 Å². The van der Waals surface area contributed by atoms with Gasteiger partial charge in [-0.05, 0) is 0 Å². The van der Waals surface area contributed by atoms with Gasteiger partial charge in [-0.1, -0.05) is 0 Å². The number of hydrogen-bond acceptors (Lipinski definition) is 7. The van der Waals surface area contributed by atoms with Gasteiger partial charge in [-0.2, -0.15) is 0 Å². The third-order valence-corrected chi connectivity index (χ3v) is 1.66. The summed E-state index contributed by atoms with van der Waals surface area (Å²) in [4.78, 5) is 9.05. The van der Waals surface area contributed by atoms with E-state index < -0.39 is 42.5 Å². The van der Waals surface area contributed by atoms with Gasteiger partial charge < -0.3 is 25.5 Å². The third kappa shape index (κ3) is 3.94. The molecule has 0 fully saturated rings. The predicted octanol–water partition coefficient (Wildman–Crippen LogP) is -3.30. The molecule has 84 valence electrons. The highest BCUT2D eigenvalue weighted by Gasteiger charge is 2.32. The molecule has 0 aliphatic carbocycles. The largest absolute Gasteiger partial charge is 0.394 e. The first-order chi connectivity index (χ1) is 6.40. The summed E-state index contributed by atoms with van der Waals surface area (Å²) in [6, 6.07) is 0. The van der Waals surface area contributed by atoms with Gasteiger partial charge in [0, 0.05) is 4.92 Å². The minimum absolute atomic E-state index is 0.816. The van der Waals surface area contributed by atoms with E-state index in [2.05, 4.69) is 0 Å². The van der Waals surface area contributed by atoms with Crippen LogP contribution in [0.25, 0.3) is 0 Å². The fourth-order valence-corrected chi connectivity index (χ4v) is 0.824. The molecule has 0 heterocycles. The number of nitro groups is 1. The van der Waals surface area contributed by atoms with Crippen molar-refractivity contribution in [2.24, 2.45) is 0 Å². The van der Waals surface area contributed by atoms with Crippen LogP contribution in [-0.2, 0) is 0 Å². The van der Waals surface area contributed by atoms with E-state index in [1.54, 1.807) is 0 Å². The van der Waals surface area contributed by atoms with E-state index in [9.17, 15) is 10.1 Å². The van der Waals surface area contributed by atoms with Gasteiger partial charge >= 0.3 is 0 Å². The molecule has 4 atom stereocenters. The highest BCUT2D eigenvalue weighted by atomic mass is 16.6. The molecule has 0 unspecified atom stereocenters. The van der Waals surface area contributed by atoms with Gasteiger partial charge in [0.25, 0.3) is 0 Å². The Kier molecular flexibility index (Phi) is 5.50. The van der Waals surface area contributed by atoms with Gasteiger partial charge in [0.2, 0.25) is 6.54 Å². The van der Waals surface area contributed by atoms with E-state index in [1.165, 1.54) is 0 Å². The second-order valence-corrected chi connectivity index (χ2v) is 2.81. The second kappa shape index (κ2) is 5.83. The van der Waals surface area contributed by atoms with E-state index in [4.69, 9.17) is 25.5 Å². The Morgan fingerprint density at radius 1 is 1.07 bits per heavy atom. The summed E-state index contributed by atoms with van der Waals surface area (Å²) in [7, 11) is 0. The molecule has 0 aliphatic rings. The lowest BCUT2D eigenvalue weighted by atomic mass is 10.0. The van der Waals surface area contributed by atoms with Gasteiger partial charge in [0.1, 0.15) is 24.4 Å². The summed E-state index contributed by atoms with van der Waals surface area (Å²) in [6.45, 7) is -1.76. The number of nitrogens with zero attached hydrogens (tertiary/aromatic N) is 1. The monoisotopic (exact) mass is 211 g/mol. The summed E-state index contributed by atoms with van der Waals surface area (Å²) in [5, 5.41) is 54.2. The Balaban J connectivity index is 4.15. The minimum atomic E-state index is -1.87. The fraction of sp³-hybridized carbons (Fsp3) is 1.00. The molecule has 8 heteroatoms. The van der Waals surface area contributed by atoms with Crippen LogP contribution in [0.4, 0.5) is 0 Å². The van der Waals surface area contributed by atoms with Crippen LogP contribution >= 0.6 is 0 Å². The molecule has 0 aromatic rings. The molecular formula is C6H13NO7. The molecule has 0 aliphatic heterocycles. The van der Waals surface area contributed by atoms with Gasteiger partial charge in [0.15, 0.2) is 0 Å². The van der Waals surface area contributed by atoms with E-state index in [-0.39, 0.29) is 0 Å². The fourth-order valence-electron chi connectivity index (χ4n) is 0.824. The first kappa shape index (κ1) is 13.2. The van der Waals surface area contributed by atoms with Crippen molar-refractivity contribution in [1.82, 2.24) is 0 Å². The molecule has 0 rings (SSSR count). The van der Waals surface area contributed by atoms with Crippen LogP contribution in [0.3, 0.4) is 0 Å². The lowest BCUT2D eigenvalue weighted by molar-refractivity contribution is -0.493. The quantitative estimate of drug-likeness (QED) is 0.228. The Labute approximate surface area is 79.2 Å². The van der Waals surface area contributed by atoms with Crippen molar-refractivity contribution < 1.29 is 30.5 Å². The van der Waals surface area contributed by atoms with E-state index in [0.29, 0.717) is 0 Å². The highest BCUT2D eigenvalue weighted by Crippen LogP contribution is 2.05. The summed E-state index contributed by atoms with van der Waals surface area (Å²) >= 11 is 0. The highest BCUT2D eigenvalue weighted by molar-refractivity contribution is 4.79. The van der Waals surface area contributed by atoms with Crippen LogP contribution in [0.5, 0.6) is 0 Å². The average Bonchev–Trinajstić information content (AvgIpc) is 2.13. The van der Waals surface area contributed by atoms with Crippen LogP contribution in [0.1, 0.15) is 0 Å². The Bertz CT molecular complexity index is 187. The molecule has 0 saturated carbocycles. The van der Waals surface area contributed by atoms with Crippen molar-refractivity contribution in [3.05, 3.63) is 10.1 Å². The maximum atomic E-state index is 9.92. The van der Waals surface area contributed by atoms with E-state index in [0.717, 1.165) is 0 Å². The maximum Gasteiger partial charge on any atom is 0.232 e. The van der Waals surface area contributed by atoms with Crippen LogP contribution < -0.4 is 0 Å². The Hall–Kier alpha value is -0.800. The molecule has 0 radical (unpaired) electrons. The average molecular weight is 211 g/mol. The lowest BCUT2D eigenvalue weighted by Gasteiger charge is -2.23. The van der Waals surface area contributed by atoms with Crippen molar-refractivity contribution in [2.75, 3.05) is 13.2 Å². The van der Waals surface area contributed by atoms with Gasteiger partial charge in [-0.3, -0.25) is 10.1 Å². The van der Waals surface area contributed by atoms with Crippen LogP contribution in [0.15, 0.2) is 0 Å². The second-order valence-electron chi connectivity index (χ2n) is 2.81. The maximum absolute atomic E-state index is 9.92. The topological polar surface area (TPSA) is 144 Å². The van der Waals surface area contributed by atoms with Crippen LogP contribution in [0, 0.1) is 10.1 Å².